The Morgan fingerprint density at radius 1 is 1.00 bits per heavy atom. The standard InChI is InChI=1S/C39H58N6O9S/c1-38(2,3)54-37(52)43-29(23-12-9-8-10-13-23)36(51)45-21-26-24(19-39(4,5)53-26)31(45)33(48)41-25(18-22-15-16-22)32(47)34(49)40-20-28(46)42-30(35(50)44(6)7)27-14-11-17-55-27/h11,14,17,22-26,29-31H,8-10,12-13,15-16,18-21H2,1-7H3,(H,40,49)(H,41,48)(H,42,46)(H,43,52). The Labute approximate surface area is 327 Å². The van der Waals surface area contributed by atoms with Crippen molar-refractivity contribution in [1.29, 1.82) is 0 Å². The molecule has 15 nitrogen and oxygen atoms in total. The predicted octanol–water partition coefficient (Wildman–Crippen LogP) is 2.83. The molecule has 6 unspecified atom stereocenters. The molecule has 0 aromatic carbocycles. The molecule has 2 aliphatic heterocycles. The molecular formula is C39H58N6O9S. The third-order valence-electron chi connectivity index (χ3n) is 10.8. The smallest absolute Gasteiger partial charge is 0.408 e. The number of likely N-dealkylation sites (N-methyl/N-ethyl adjacent to an activating group) is 1. The highest BCUT2D eigenvalue weighted by atomic mass is 32.1. The minimum Gasteiger partial charge on any atom is -0.444 e. The average molecular weight is 787 g/mol. The van der Waals surface area contributed by atoms with Crippen LogP contribution in [0.25, 0.3) is 0 Å². The maximum atomic E-state index is 14.6. The normalized spacial score (nSPS) is 23.8. The van der Waals surface area contributed by atoms with E-state index in [0.717, 1.165) is 44.9 Å². The maximum absolute atomic E-state index is 14.6. The summed E-state index contributed by atoms with van der Waals surface area (Å²) in [5.74, 6) is -4.36. The number of ether oxygens (including phenoxy) is 2. The van der Waals surface area contributed by atoms with E-state index in [2.05, 4.69) is 21.3 Å². The first-order chi connectivity index (χ1) is 25.8. The monoisotopic (exact) mass is 786 g/mol. The molecule has 5 rings (SSSR count). The van der Waals surface area contributed by atoms with E-state index in [4.69, 9.17) is 9.47 Å². The van der Waals surface area contributed by atoms with Crippen molar-refractivity contribution in [2.75, 3.05) is 27.2 Å². The number of nitrogens with one attached hydrogen (secondary N) is 4. The van der Waals surface area contributed by atoms with Crippen molar-refractivity contribution in [2.24, 2.45) is 17.8 Å². The van der Waals surface area contributed by atoms with Crippen LogP contribution < -0.4 is 21.3 Å². The fraction of sp³-hybridized carbons (Fsp3) is 0.718. The van der Waals surface area contributed by atoms with Crippen LogP contribution in [0.3, 0.4) is 0 Å². The van der Waals surface area contributed by atoms with Crippen LogP contribution >= 0.6 is 11.3 Å². The van der Waals surface area contributed by atoms with E-state index in [1.165, 1.54) is 21.1 Å². The topological polar surface area (TPSA) is 193 Å². The summed E-state index contributed by atoms with van der Waals surface area (Å²) < 4.78 is 11.9. The third kappa shape index (κ3) is 11.0. The second kappa shape index (κ2) is 17.4. The van der Waals surface area contributed by atoms with Gasteiger partial charge in [0.15, 0.2) is 0 Å². The molecule has 6 amide bonds. The van der Waals surface area contributed by atoms with Gasteiger partial charge in [0.25, 0.3) is 5.91 Å². The minimum atomic E-state index is -1.20. The fourth-order valence-corrected chi connectivity index (χ4v) is 8.82. The molecule has 55 heavy (non-hydrogen) atoms. The molecule has 2 aliphatic carbocycles. The van der Waals surface area contributed by atoms with E-state index in [-0.39, 0.29) is 36.6 Å². The number of Topliss-reactive ketones (excluding diaryl/α,β-unsaturated/α-hetero) is 1. The lowest BCUT2D eigenvalue weighted by Crippen LogP contribution is -2.59. The van der Waals surface area contributed by atoms with E-state index in [1.807, 2.05) is 13.8 Å². The Morgan fingerprint density at radius 3 is 2.29 bits per heavy atom. The highest BCUT2D eigenvalue weighted by Crippen LogP contribution is 2.44. The lowest BCUT2D eigenvalue weighted by atomic mass is 9.83. The number of hydrogen-bond acceptors (Lipinski definition) is 10. The predicted molar refractivity (Wildman–Crippen MR) is 203 cm³/mol. The molecule has 16 heteroatoms. The van der Waals surface area contributed by atoms with Gasteiger partial charge in [0.2, 0.25) is 29.4 Å². The molecule has 0 spiro atoms. The highest BCUT2D eigenvalue weighted by molar-refractivity contribution is 7.10. The van der Waals surface area contributed by atoms with E-state index in [0.29, 0.717) is 11.3 Å². The first-order valence-electron chi connectivity index (χ1n) is 19.5. The zero-order valence-corrected chi connectivity index (χ0v) is 33.9. The molecular weight excluding hydrogens is 729 g/mol. The number of nitrogens with zero attached hydrogens (tertiary/aromatic N) is 2. The molecule has 4 fully saturated rings. The number of rotatable bonds is 14. The Balaban J connectivity index is 1.31. The second-order valence-corrected chi connectivity index (χ2v) is 18.3. The number of alkyl carbamates (subject to hydrolysis) is 1. The molecule has 304 valence electrons. The van der Waals surface area contributed by atoms with Gasteiger partial charge in [0.1, 0.15) is 23.7 Å². The average Bonchev–Trinajstić information content (AvgIpc) is 3.48. The quantitative estimate of drug-likeness (QED) is 0.205. The molecule has 2 saturated carbocycles. The fourth-order valence-electron chi connectivity index (χ4n) is 8.06. The zero-order valence-electron chi connectivity index (χ0n) is 33.1. The molecule has 0 bridgehead atoms. The van der Waals surface area contributed by atoms with Gasteiger partial charge in [-0.15, -0.1) is 11.3 Å². The first kappa shape index (κ1) is 42.1. The first-order valence-corrected chi connectivity index (χ1v) is 20.4. The van der Waals surface area contributed by atoms with Crippen LogP contribution in [0.1, 0.15) is 103 Å². The molecule has 1 aromatic rings. The number of thiophene rings is 1. The summed E-state index contributed by atoms with van der Waals surface area (Å²) in [6.45, 7) is 8.66. The van der Waals surface area contributed by atoms with Crippen molar-refractivity contribution >= 4 is 52.7 Å². The van der Waals surface area contributed by atoms with Gasteiger partial charge < -0.3 is 40.5 Å². The van der Waals surface area contributed by atoms with Crippen LogP contribution in [0.2, 0.25) is 0 Å². The molecule has 4 aliphatic rings. The third-order valence-corrected chi connectivity index (χ3v) is 11.7. The van der Waals surface area contributed by atoms with Gasteiger partial charge in [-0.1, -0.05) is 38.2 Å². The van der Waals surface area contributed by atoms with Crippen molar-refractivity contribution in [2.45, 2.75) is 134 Å². The van der Waals surface area contributed by atoms with Crippen LogP contribution in [-0.2, 0) is 38.2 Å². The van der Waals surface area contributed by atoms with Gasteiger partial charge in [-0.25, -0.2) is 4.79 Å². The number of carbonyl (C=O) groups excluding carboxylic acids is 7. The lowest BCUT2D eigenvalue weighted by Gasteiger charge is -2.36. The van der Waals surface area contributed by atoms with Gasteiger partial charge >= 0.3 is 6.09 Å². The molecule has 6 atom stereocenters. The number of fused-ring (bicyclic) bond motifs is 1. The minimum absolute atomic E-state index is 0.129. The van der Waals surface area contributed by atoms with Crippen molar-refractivity contribution in [3.8, 4) is 0 Å². The molecule has 3 heterocycles. The van der Waals surface area contributed by atoms with Crippen molar-refractivity contribution in [3.05, 3.63) is 22.4 Å². The Hall–Kier alpha value is -4.05. The number of carbonyl (C=O) groups is 7. The van der Waals surface area contributed by atoms with Crippen LogP contribution in [-0.4, -0.2) is 114 Å². The highest BCUT2D eigenvalue weighted by Gasteiger charge is 2.56. The van der Waals surface area contributed by atoms with E-state index in [9.17, 15) is 33.6 Å². The summed E-state index contributed by atoms with van der Waals surface area (Å²) in [7, 11) is 3.14. The van der Waals surface area contributed by atoms with Gasteiger partial charge in [-0.2, -0.15) is 0 Å². The van der Waals surface area contributed by atoms with Crippen molar-refractivity contribution in [1.82, 2.24) is 31.1 Å². The van der Waals surface area contributed by atoms with Gasteiger partial charge in [-0.05, 0) is 83.6 Å². The molecule has 0 radical (unpaired) electrons. The number of ketones is 1. The molecule has 1 aromatic heterocycles. The molecule has 4 N–H and O–H groups in total. The summed E-state index contributed by atoms with van der Waals surface area (Å²) in [5, 5.41) is 12.5. The Kier molecular flexibility index (Phi) is 13.3. The van der Waals surface area contributed by atoms with Crippen LogP contribution in [0.5, 0.6) is 0 Å². The number of likely N-dealkylation sites (tertiary alicyclic amines) is 1. The van der Waals surface area contributed by atoms with Crippen LogP contribution in [0, 0.1) is 17.8 Å². The van der Waals surface area contributed by atoms with Gasteiger partial charge in [-0.3, -0.25) is 28.8 Å². The van der Waals surface area contributed by atoms with Gasteiger partial charge in [0.05, 0.1) is 24.3 Å². The summed E-state index contributed by atoms with van der Waals surface area (Å²) in [5.41, 5.74) is -1.34. The Bertz CT molecular complexity index is 1600. The lowest BCUT2D eigenvalue weighted by molar-refractivity contribution is -0.145. The maximum Gasteiger partial charge on any atom is 0.408 e. The Morgan fingerprint density at radius 2 is 1.69 bits per heavy atom. The largest absolute Gasteiger partial charge is 0.444 e. The van der Waals surface area contributed by atoms with Crippen LogP contribution in [0.15, 0.2) is 17.5 Å². The summed E-state index contributed by atoms with van der Waals surface area (Å²) in [4.78, 5) is 98.2. The number of amides is 6. The second-order valence-electron chi connectivity index (χ2n) is 17.3. The van der Waals surface area contributed by atoms with E-state index in [1.54, 1.807) is 52.4 Å². The number of hydrogen-bond donors (Lipinski definition) is 4. The summed E-state index contributed by atoms with van der Waals surface area (Å²) in [6.07, 6.45) is 5.56. The van der Waals surface area contributed by atoms with Crippen LogP contribution in [0.4, 0.5) is 4.79 Å². The van der Waals surface area contributed by atoms with Crippen molar-refractivity contribution < 1.29 is 43.0 Å². The summed E-state index contributed by atoms with van der Waals surface area (Å²) >= 11 is 1.30. The zero-order chi connectivity index (χ0) is 40.2. The SMILES string of the molecule is CN(C)C(=O)C(NC(=O)CNC(=O)C(=O)C(CC1CC1)NC(=O)C1C2CC(C)(C)OC2CN1C(=O)C(NC(=O)OC(C)(C)C)C1CCCCC1)c1cccs1. The van der Waals surface area contributed by atoms with Gasteiger partial charge in [0, 0.05) is 31.4 Å². The summed E-state index contributed by atoms with van der Waals surface area (Å²) in [6, 6.07) is -0.619. The van der Waals surface area contributed by atoms with E-state index < -0.39 is 83.5 Å². The van der Waals surface area contributed by atoms with Crippen molar-refractivity contribution in [3.63, 3.8) is 0 Å². The van der Waals surface area contributed by atoms with E-state index >= 15 is 0 Å². The molecule has 2 saturated heterocycles.